The minimum Gasteiger partial charge on any atom is -0.469 e. The monoisotopic (exact) mass is 393 g/mol. The Labute approximate surface area is 160 Å². The summed E-state index contributed by atoms with van der Waals surface area (Å²) < 4.78 is 29.2. The first-order valence-corrected chi connectivity index (χ1v) is 10.9. The zero-order valence-corrected chi connectivity index (χ0v) is 16.9. The van der Waals surface area contributed by atoms with Crippen LogP contribution in [0.1, 0.15) is 38.7 Å². The van der Waals surface area contributed by atoms with E-state index in [1.54, 1.807) is 38.1 Å². The van der Waals surface area contributed by atoms with E-state index in [0.717, 1.165) is 24.8 Å². The second-order valence-corrected chi connectivity index (χ2v) is 10.4. The van der Waals surface area contributed by atoms with Gasteiger partial charge in [-0.05, 0) is 56.2 Å². The molecule has 3 rings (SSSR count). The van der Waals surface area contributed by atoms with Gasteiger partial charge in [0.25, 0.3) is 0 Å². The van der Waals surface area contributed by atoms with Gasteiger partial charge in [0.15, 0.2) is 9.84 Å². The molecule has 2 aliphatic rings. The summed E-state index contributed by atoms with van der Waals surface area (Å²) in [6.07, 6.45) is 2.80. The van der Waals surface area contributed by atoms with Gasteiger partial charge in [0.2, 0.25) is 5.91 Å². The molecule has 148 valence electrons. The fourth-order valence-corrected chi connectivity index (χ4v) is 4.99. The largest absolute Gasteiger partial charge is 0.469 e. The van der Waals surface area contributed by atoms with Crippen molar-refractivity contribution in [3.8, 4) is 0 Å². The first-order chi connectivity index (χ1) is 12.7. The Hall–Kier alpha value is -1.89. The Bertz CT molecular complexity index is 820. The molecule has 0 bridgehead atoms. The molecule has 1 atom stereocenters. The van der Waals surface area contributed by atoms with Crippen LogP contribution in [0.5, 0.6) is 0 Å². The number of benzene rings is 1. The van der Waals surface area contributed by atoms with Crippen LogP contribution in [0, 0.1) is 11.3 Å². The van der Waals surface area contributed by atoms with Gasteiger partial charge in [-0.2, -0.15) is 0 Å². The van der Waals surface area contributed by atoms with Gasteiger partial charge in [-0.3, -0.25) is 9.59 Å². The molecule has 1 aliphatic heterocycles. The van der Waals surface area contributed by atoms with E-state index in [2.05, 4.69) is 0 Å². The summed E-state index contributed by atoms with van der Waals surface area (Å²) >= 11 is 0. The van der Waals surface area contributed by atoms with Crippen LogP contribution < -0.4 is 0 Å². The molecule has 1 heterocycles. The number of ether oxygens (including phenoxy) is 1. The average Bonchev–Trinajstić information content (AvgIpc) is 3.35. The lowest BCUT2D eigenvalue weighted by Gasteiger charge is -2.32. The van der Waals surface area contributed by atoms with E-state index in [0.29, 0.717) is 13.1 Å². The fraction of sp³-hybridized carbons (Fsp3) is 0.600. The normalized spacial score (nSPS) is 21.3. The van der Waals surface area contributed by atoms with Crippen molar-refractivity contribution >= 4 is 21.7 Å². The van der Waals surface area contributed by atoms with Crippen LogP contribution in [0.25, 0.3) is 0 Å². The second kappa shape index (κ2) is 7.26. The standard InChI is InChI=1S/C20H27NO5S/c1-14(2)27(24,25)16-6-4-15(5-7-16)12-18(22)21-10-8-20(9-11-21)13-17(20)19(23)26-3/h4-7,14,17H,8-13H2,1-3H3/t17-/m1/s1. The van der Waals surface area contributed by atoms with E-state index in [9.17, 15) is 18.0 Å². The van der Waals surface area contributed by atoms with Gasteiger partial charge in [0, 0.05) is 13.1 Å². The van der Waals surface area contributed by atoms with Gasteiger partial charge in [-0.15, -0.1) is 0 Å². The number of amides is 1. The van der Waals surface area contributed by atoms with E-state index >= 15 is 0 Å². The number of likely N-dealkylation sites (tertiary alicyclic amines) is 1. The summed E-state index contributed by atoms with van der Waals surface area (Å²) in [4.78, 5) is 26.4. The van der Waals surface area contributed by atoms with Crippen LogP contribution in [0.2, 0.25) is 0 Å². The highest BCUT2D eigenvalue weighted by Crippen LogP contribution is 2.59. The third kappa shape index (κ3) is 3.88. The number of piperidine rings is 1. The van der Waals surface area contributed by atoms with Crippen molar-refractivity contribution < 1.29 is 22.7 Å². The number of nitrogens with zero attached hydrogens (tertiary/aromatic N) is 1. The molecule has 0 aromatic heterocycles. The molecular formula is C20H27NO5S. The fourth-order valence-electron chi connectivity index (χ4n) is 3.93. The van der Waals surface area contributed by atoms with Crippen molar-refractivity contribution in [2.45, 2.75) is 49.7 Å². The maximum Gasteiger partial charge on any atom is 0.309 e. The SMILES string of the molecule is COC(=O)[C@H]1CC12CCN(C(=O)Cc1ccc(S(=O)(=O)C(C)C)cc1)CC2. The van der Waals surface area contributed by atoms with Gasteiger partial charge in [0.05, 0.1) is 29.6 Å². The molecule has 0 unspecified atom stereocenters. The maximum atomic E-state index is 12.6. The van der Waals surface area contributed by atoms with E-state index in [1.807, 2.05) is 4.90 Å². The highest BCUT2D eigenvalue weighted by atomic mass is 32.2. The number of sulfone groups is 1. The Kier molecular flexibility index (Phi) is 5.34. The molecule has 1 saturated heterocycles. The van der Waals surface area contributed by atoms with Crippen LogP contribution in [0.4, 0.5) is 0 Å². The lowest BCUT2D eigenvalue weighted by molar-refractivity contribution is -0.143. The third-order valence-electron chi connectivity index (χ3n) is 6.02. The molecule has 1 aromatic rings. The lowest BCUT2D eigenvalue weighted by atomic mass is 9.90. The summed E-state index contributed by atoms with van der Waals surface area (Å²) in [7, 11) is -1.87. The van der Waals surface area contributed by atoms with Crippen molar-refractivity contribution in [3.05, 3.63) is 29.8 Å². The molecule has 0 radical (unpaired) electrons. The highest BCUT2D eigenvalue weighted by Gasteiger charge is 2.59. The van der Waals surface area contributed by atoms with E-state index in [1.165, 1.54) is 7.11 Å². The Morgan fingerprint density at radius 2 is 1.78 bits per heavy atom. The van der Waals surface area contributed by atoms with Crippen LogP contribution in [0.15, 0.2) is 29.2 Å². The maximum absolute atomic E-state index is 12.6. The second-order valence-electron chi connectivity index (χ2n) is 7.94. The first-order valence-electron chi connectivity index (χ1n) is 9.38. The molecule has 1 spiro atoms. The molecule has 6 nitrogen and oxygen atoms in total. The zero-order chi connectivity index (χ0) is 19.8. The summed E-state index contributed by atoms with van der Waals surface area (Å²) in [5.74, 6) is -0.0963. The third-order valence-corrected chi connectivity index (χ3v) is 8.19. The number of hydrogen-bond donors (Lipinski definition) is 0. The molecular weight excluding hydrogens is 366 g/mol. The van der Waals surface area contributed by atoms with Crippen LogP contribution >= 0.6 is 0 Å². The summed E-state index contributed by atoms with van der Waals surface area (Å²) in [5, 5.41) is -0.470. The quantitative estimate of drug-likeness (QED) is 0.717. The van der Waals surface area contributed by atoms with E-state index < -0.39 is 15.1 Å². The van der Waals surface area contributed by atoms with E-state index in [-0.39, 0.29) is 34.5 Å². The Morgan fingerprint density at radius 3 is 2.30 bits per heavy atom. The summed E-state index contributed by atoms with van der Waals surface area (Å²) in [5.41, 5.74) is 0.846. The molecule has 1 saturated carbocycles. The molecule has 0 N–H and O–H groups in total. The van der Waals surface area contributed by atoms with Crippen molar-refractivity contribution in [1.82, 2.24) is 4.90 Å². The minimum atomic E-state index is -3.30. The number of hydrogen-bond acceptors (Lipinski definition) is 5. The minimum absolute atomic E-state index is 0.00444. The Balaban J connectivity index is 1.55. The summed E-state index contributed by atoms with van der Waals surface area (Å²) in [6, 6.07) is 6.59. The molecule has 27 heavy (non-hydrogen) atoms. The van der Waals surface area contributed by atoms with Gasteiger partial charge in [-0.1, -0.05) is 12.1 Å². The van der Waals surface area contributed by atoms with Gasteiger partial charge < -0.3 is 9.64 Å². The smallest absolute Gasteiger partial charge is 0.309 e. The van der Waals surface area contributed by atoms with Crippen LogP contribution in [-0.4, -0.2) is 50.6 Å². The number of rotatable bonds is 5. The van der Waals surface area contributed by atoms with Crippen molar-refractivity contribution in [2.24, 2.45) is 11.3 Å². The van der Waals surface area contributed by atoms with Gasteiger partial charge in [-0.25, -0.2) is 8.42 Å². The van der Waals surface area contributed by atoms with Crippen molar-refractivity contribution in [2.75, 3.05) is 20.2 Å². The van der Waals surface area contributed by atoms with Crippen LogP contribution in [-0.2, 0) is 30.6 Å². The van der Waals surface area contributed by atoms with Crippen molar-refractivity contribution in [3.63, 3.8) is 0 Å². The number of carbonyl (C=O) groups excluding carboxylic acids is 2. The topological polar surface area (TPSA) is 80.8 Å². The molecule has 1 amide bonds. The van der Waals surface area contributed by atoms with Crippen molar-refractivity contribution in [1.29, 1.82) is 0 Å². The number of carbonyl (C=O) groups is 2. The van der Waals surface area contributed by atoms with E-state index in [4.69, 9.17) is 4.74 Å². The molecule has 7 heteroatoms. The first kappa shape index (κ1) is 19.9. The molecule has 2 fully saturated rings. The summed E-state index contributed by atoms with van der Waals surface area (Å²) in [6.45, 7) is 4.62. The number of methoxy groups -OCH3 is 1. The highest BCUT2D eigenvalue weighted by molar-refractivity contribution is 7.92. The zero-order valence-electron chi connectivity index (χ0n) is 16.1. The van der Waals surface area contributed by atoms with Gasteiger partial charge >= 0.3 is 5.97 Å². The lowest BCUT2D eigenvalue weighted by Crippen LogP contribution is -2.40. The number of esters is 1. The average molecular weight is 394 g/mol. The van der Waals surface area contributed by atoms with Crippen LogP contribution in [0.3, 0.4) is 0 Å². The Morgan fingerprint density at radius 1 is 1.19 bits per heavy atom. The molecule has 1 aliphatic carbocycles. The molecule has 1 aromatic carbocycles. The predicted octanol–water partition coefficient (Wildman–Crippen LogP) is 2.21. The predicted molar refractivity (Wildman–Crippen MR) is 101 cm³/mol. The van der Waals surface area contributed by atoms with Gasteiger partial charge in [0.1, 0.15) is 0 Å².